The highest BCUT2D eigenvalue weighted by atomic mass is 16.6. The summed E-state index contributed by atoms with van der Waals surface area (Å²) < 4.78 is 12.0. The molecule has 3 unspecified atom stereocenters. The number of fused-ring (bicyclic) bond motifs is 1. The summed E-state index contributed by atoms with van der Waals surface area (Å²) in [6, 6.07) is 7.83. The van der Waals surface area contributed by atoms with Gasteiger partial charge in [0.15, 0.2) is 0 Å². The first kappa shape index (κ1) is 24.7. The number of carbonyl (C=O) groups is 3. The first-order valence-corrected chi connectivity index (χ1v) is 12.2. The molecule has 2 bridgehead atoms. The standard InChI is InChI=1S/C26H36N2O6/c1-6-33-24(32)20-19-23(31)28(18(14-29)12-17-10-8-7-9-11-17)21(22(30)27-15(2)3)26(19)13-16(4)25(20,5)34-26/h7-11,15-16,18-21,29H,6,12-14H2,1-5H3,(H,27,30)/t16?,18-,19+,20+,21?,25-,26?/m1/s1. The van der Waals surface area contributed by atoms with Crippen molar-refractivity contribution in [2.75, 3.05) is 13.2 Å². The van der Waals surface area contributed by atoms with Crippen molar-refractivity contribution in [1.82, 2.24) is 10.2 Å². The van der Waals surface area contributed by atoms with Crippen molar-refractivity contribution in [3.63, 3.8) is 0 Å². The van der Waals surface area contributed by atoms with Gasteiger partial charge in [-0.15, -0.1) is 0 Å². The Hall–Kier alpha value is -2.45. The second kappa shape index (κ2) is 8.96. The van der Waals surface area contributed by atoms with E-state index in [2.05, 4.69) is 5.32 Å². The van der Waals surface area contributed by atoms with E-state index in [4.69, 9.17) is 9.47 Å². The molecule has 4 rings (SSSR count). The number of amides is 2. The Morgan fingerprint density at radius 3 is 2.56 bits per heavy atom. The van der Waals surface area contributed by atoms with Gasteiger partial charge in [0.1, 0.15) is 17.6 Å². The third-order valence-electron chi connectivity index (χ3n) is 7.89. The first-order chi connectivity index (χ1) is 16.1. The van der Waals surface area contributed by atoms with Crippen LogP contribution in [0.1, 0.15) is 46.6 Å². The molecular formula is C26H36N2O6. The molecule has 3 saturated heterocycles. The van der Waals surface area contributed by atoms with Gasteiger partial charge in [0.25, 0.3) is 0 Å². The van der Waals surface area contributed by atoms with E-state index in [1.165, 1.54) is 4.90 Å². The van der Waals surface area contributed by atoms with E-state index in [-0.39, 0.29) is 37.0 Å². The molecule has 0 aliphatic carbocycles. The average molecular weight is 473 g/mol. The Morgan fingerprint density at radius 2 is 1.97 bits per heavy atom. The smallest absolute Gasteiger partial charge is 0.312 e. The number of rotatable bonds is 8. The number of benzene rings is 1. The zero-order valence-electron chi connectivity index (χ0n) is 20.6. The molecule has 1 spiro atoms. The average Bonchev–Trinajstić information content (AvgIpc) is 3.29. The van der Waals surface area contributed by atoms with Gasteiger partial charge in [-0.25, -0.2) is 0 Å². The highest BCUT2D eigenvalue weighted by Crippen LogP contribution is 2.65. The molecule has 1 aromatic rings. The van der Waals surface area contributed by atoms with E-state index in [1.807, 2.05) is 58.0 Å². The molecule has 2 N–H and O–H groups in total. The Bertz CT molecular complexity index is 952. The highest BCUT2D eigenvalue weighted by molar-refractivity contribution is 5.98. The van der Waals surface area contributed by atoms with Crippen LogP contribution >= 0.6 is 0 Å². The lowest BCUT2D eigenvalue weighted by Gasteiger charge is -2.37. The molecule has 34 heavy (non-hydrogen) atoms. The van der Waals surface area contributed by atoms with Crippen molar-refractivity contribution in [3.8, 4) is 0 Å². The minimum atomic E-state index is -1.15. The molecule has 8 heteroatoms. The van der Waals surface area contributed by atoms with Crippen LogP contribution in [0.2, 0.25) is 0 Å². The van der Waals surface area contributed by atoms with Gasteiger partial charge in [-0.1, -0.05) is 37.3 Å². The summed E-state index contributed by atoms with van der Waals surface area (Å²) in [5, 5.41) is 13.3. The number of nitrogens with zero attached hydrogens (tertiary/aromatic N) is 1. The number of likely N-dealkylation sites (tertiary alicyclic amines) is 1. The maximum absolute atomic E-state index is 14.1. The topological polar surface area (TPSA) is 105 Å². The maximum Gasteiger partial charge on any atom is 0.312 e. The number of ether oxygens (including phenoxy) is 2. The van der Waals surface area contributed by atoms with E-state index in [0.29, 0.717) is 12.8 Å². The molecule has 3 aliphatic heterocycles. The second-order valence-corrected chi connectivity index (χ2v) is 10.4. The Balaban J connectivity index is 1.80. The molecule has 3 aliphatic rings. The fourth-order valence-electron chi connectivity index (χ4n) is 6.46. The van der Waals surface area contributed by atoms with Gasteiger partial charge < -0.3 is 24.8 Å². The van der Waals surface area contributed by atoms with Crippen LogP contribution in [0.25, 0.3) is 0 Å². The number of aliphatic hydroxyl groups is 1. The van der Waals surface area contributed by atoms with Crippen molar-refractivity contribution in [2.45, 2.75) is 76.8 Å². The van der Waals surface area contributed by atoms with Crippen molar-refractivity contribution in [3.05, 3.63) is 35.9 Å². The van der Waals surface area contributed by atoms with E-state index in [0.717, 1.165) is 5.56 Å². The molecule has 186 valence electrons. The molecule has 8 nitrogen and oxygen atoms in total. The molecule has 0 radical (unpaired) electrons. The van der Waals surface area contributed by atoms with Crippen molar-refractivity contribution >= 4 is 17.8 Å². The number of aliphatic hydroxyl groups excluding tert-OH is 1. The molecule has 2 amide bonds. The van der Waals surface area contributed by atoms with Gasteiger partial charge >= 0.3 is 5.97 Å². The van der Waals surface area contributed by atoms with Crippen LogP contribution in [-0.4, -0.2) is 70.3 Å². The van der Waals surface area contributed by atoms with Crippen molar-refractivity contribution in [2.24, 2.45) is 17.8 Å². The number of nitrogens with one attached hydrogen (secondary N) is 1. The minimum absolute atomic E-state index is 0.0537. The van der Waals surface area contributed by atoms with E-state index < -0.39 is 41.1 Å². The van der Waals surface area contributed by atoms with Gasteiger partial charge in [-0.2, -0.15) is 0 Å². The van der Waals surface area contributed by atoms with Crippen LogP contribution < -0.4 is 5.32 Å². The fraction of sp³-hybridized carbons (Fsp3) is 0.654. The Kier molecular flexibility index (Phi) is 6.50. The third-order valence-corrected chi connectivity index (χ3v) is 7.89. The second-order valence-electron chi connectivity index (χ2n) is 10.4. The normalized spacial score (nSPS) is 34.9. The van der Waals surface area contributed by atoms with Gasteiger partial charge in [0, 0.05) is 6.04 Å². The largest absolute Gasteiger partial charge is 0.466 e. The zero-order chi connectivity index (χ0) is 24.8. The maximum atomic E-state index is 14.1. The Labute approximate surface area is 201 Å². The Morgan fingerprint density at radius 1 is 1.29 bits per heavy atom. The molecule has 3 fully saturated rings. The van der Waals surface area contributed by atoms with Crippen LogP contribution in [0.15, 0.2) is 30.3 Å². The molecule has 0 saturated carbocycles. The highest BCUT2D eigenvalue weighted by Gasteiger charge is 2.80. The third kappa shape index (κ3) is 3.62. The van der Waals surface area contributed by atoms with Gasteiger partial charge in [0.2, 0.25) is 11.8 Å². The van der Waals surface area contributed by atoms with Crippen LogP contribution in [0.3, 0.4) is 0 Å². The lowest BCUT2D eigenvalue weighted by molar-refractivity contribution is -0.162. The predicted octanol–water partition coefficient (Wildman–Crippen LogP) is 1.69. The first-order valence-electron chi connectivity index (χ1n) is 12.2. The van der Waals surface area contributed by atoms with Gasteiger partial charge in [-0.05, 0) is 52.0 Å². The summed E-state index contributed by atoms with van der Waals surface area (Å²) in [4.78, 5) is 42.4. The summed E-state index contributed by atoms with van der Waals surface area (Å²) in [6.45, 7) is 9.19. The summed E-state index contributed by atoms with van der Waals surface area (Å²) >= 11 is 0. The van der Waals surface area contributed by atoms with E-state index in [1.54, 1.807) is 6.92 Å². The van der Waals surface area contributed by atoms with Crippen LogP contribution in [0.4, 0.5) is 0 Å². The minimum Gasteiger partial charge on any atom is -0.466 e. The summed E-state index contributed by atoms with van der Waals surface area (Å²) in [7, 11) is 0. The molecular weight excluding hydrogens is 436 g/mol. The predicted molar refractivity (Wildman–Crippen MR) is 125 cm³/mol. The molecule has 1 aromatic carbocycles. The van der Waals surface area contributed by atoms with Crippen LogP contribution in [0.5, 0.6) is 0 Å². The lowest BCUT2D eigenvalue weighted by atomic mass is 9.62. The summed E-state index contributed by atoms with van der Waals surface area (Å²) in [5.74, 6) is -2.81. The summed E-state index contributed by atoms with van der Waals surface area (Å²) in [6.07, 6.45) is 0.861. The number of hydrogen-bond donors (Lipinski definition) is 2. The van der Waals surface area contributed by atoms with Gasteiger partial charge in [0.05, 0.1) is 30.8 Å². The zero-order valence-corrected chi connectivity index (χ0v) is 20.6. The molecule has 3 heterocycles. The van der Waals surface area contributed by atoms with E-state index in [9.17, 15) is 19.5 Å². The molecule has 0 aromatic heterocycles. The van der Waals surface area contributed by atoms with E-state index >= 15 is 0 Å². The van der Waals surface area contributed by atoms with Crippen molar-refractivity contribution < 1.29 is 29.0 Å². The SMILES string of the molecule is CCOC(=O)[C@@H]1[C@H]2C(=O)N([C@@H](CO)Cc3ccccc3)C(C(=O)NC(C)C)C23CC(C)[C@@]1(C)O3. The van der Waals surface area contributed by atoms with Gasteiger partial charge in [-0.3, -0.25) is 14.4 Å². The quantitative estimate of drug-likeness (QED) is 0.558. The number of carbonyl (C=O) groups excluding carboxylic acids is 3. The van der Waals surface area contributed by atoms with Crippen LogP contribution in [0, 0.1) is 17.8 Å². The number of esters is 1. The van der Waals surface area contributed by atoms with Crippen LogP contribution in [-0.2, 0) is 30.3 Å². The number of hydrogen-bond acceptors (Lipinski definition) is 6. The summed E-state index contributed by atoms with van der Waals surface area (Å²) in [5.41, 5.74) is -1.10. The lowest BCUT2D eigenvalue weighted by Crippen LogP contribution is -2.59. The monoisotopic (exact) mass is 472 g/mol. The molecule has 7 atom stereocenters. The van der Waals surface area contributed by atoms with Crippen molar-refractivity contribution in [1.29, 1.82) is 0 Å². The fourth-order valence-corrected chi connectivity index (χ4v) is 6.46.